The molecular weight excluding hydrogens is 238 g/mol. The first kappa shape index (κ1) is 10.7. The van der Waals surface area contributed by atoms with Crippen LogP contribution in [0.4, 0.5) is 5.69 Å². The molecule has 3 heteroatoms. The zero-order chi connectivity index (χ0) is 12.7. The highest BCUT2D eigenvalue weighted by molar-refractivity contribution is 5.59. The Bertz CT molecular complexity index is 624. The van der Waals surface area contributed by atoms with Gasteiger partial charge in [-0.25, -0.2) is 0 Å². The Balaban J connectivity index is 1.65. The van der Waals surface area contributed by atoms with E-state index in [1.165, 1.54) is 16.8 Å². The van der Waals surface area contributed by atoms with Gasteiger partial charge in [-0.15, -0.1) is 0 Å². The molecule has 96 valence electrons. The van der Waals surface area contributed by atoms with Crippen LogP contribution in [0.2, 0.25) is 0 Å². The van der Waals surface area contributed by atoms with Gasteiger partial charge < -0.3 is 14.4 Å². The van der Waals surface area contributed by atoms with Gasteiger partial charge in [0.25, 0.3) is 0 Å². The predicted molar refractivity (Wildman–Crippen MR) is 73.8 cm³/mol. The van der Waals surface area contributed by atoms with Gasteiger partial charge >= 0.3 is 0 Å². The monoisotopic (exact) mass is 253 g/mol. The van der Waals surface area contributed by atoms with Crippen molar-refractivity contribution in [3.05, 3.63) is 53.6 Å². The molecule has 2 aromatic rings. The van der Waals surface area contributed by atoms with E-state index in [1.807, 2.05) is 12.1 Å². The second kappa shape index (κ2) is 4.19. The Morgan fingerprint density at radius 3 is 2.95 bits per heavy atom. The molecular formula is C16H15NO2. The maximum atomic E-state index is 5.58. The summed E-state index contributed by atoms with van der Waals surface area (Å²) in [7, 11) is 0. The van der Waals surface area contributed by atoms with Crippen LogP contribution in [0.5, 0.6) is 11.5 Å². The van der Waals surface area contributed by atoms with E-state index in [2.05, 4.69) is 35.2 Å². The van der Waals surface area contributed by atoms with Gasteiger partial charge in [0.15, 0.2) is 11.5 Å². The molecule has 0 aromatic heterocycles. The molecule has 0 bridgehead atoms. The van der Waals surface area contributed by atoms with Gasteiger partial charge in [-0.2, -0.15) is 0 Å². The molecule has 0 aliphatic carbocycles. The van der Waals surface area contributed by atoms with Crippen molar-refractivity contribution < 1.29 is 9.47 Å². The van der Waals surface area contributed by atoms with Crippen molar-refractivity contribution in [3.8, 4) is 11.5 Å². The summed E-state index contributed by atoms with van der Waals surface area (Å²) >= 11 is 0. The summed E-state index contributed by atoms with van der Waals surface area (Å²) in [4.78, 5) is 2.41. The van der Waals surface area contributed by atoms with Gasteiger partial charge in [0, 0.05) is 24.3 Å². The Labute approximate surface area is 112 Å². The molecule has 0 amide bonds. The summed E-state index contributed by atoms with van der Waals surface area (Å²) in [5.41, 5.74) is 3.98. The van der Waals surface area contributed by atoms with Gasteiger partial charge in [-0.3, -0.25) is 0 Å². The fourth-order valence-corrected chi connectivity index (χ4v) is 2.89. The molecule has 2 aromatic carbocycles. The minimum absolute atomic E-state index is 0.336. The van der Waals surface area contributed by atoms with Crippen LogP contribution in [0.3, 0.4) is 0 Å². The van der Waals surface area contributed by atoms with Crippen molar-refractivity contribution in [1.29, 1.82) is 0 Å². The number of benzene rings is 2. The average molecular weight is 253 g/mol. The topological polar surface area (TPSA) is 21.7 Å². The minimum atomic E-state index is 0.336. The molecule has 0 spiro atoms. The Morgan fingerprint density at radius 2 is 1.95 bits per heavy atom. The number of fused-ring (bicyclic) bond motifs is 2. The number of hydrogen-bond donors (Lipinski definition) is 0. The third-order valence-corrected chi connectivity index (χ3v) is 3.82. The van der Waals surface area contributed by atoms with Crippen LogP contribution in [0, 0.1) is 0 Å². The van der Waals surface area contributed by atoms with Crippen molar-refractivity contribution in [3.63, 3.8) is 0 Å². The predicted octanol–water partition coefficient (Wildman–Crippen LogP) is 2.98. The van der Waals surface area contributed by atoms with Crippen LogP contribution in [0.1, 0.15) is 11.1 Å². The quantitative estimate of drug-likeness (QED) is 0.821. The minimum Gasteiger partial charge on any atom is -0.454 e. The Kier molecular flexibility index (Phi) is 2.37. The molecule has 0 fully saturated rings. The van der Waals surface area contributed by atoms with Crippen molar-refractivity contribution >= 4 is 5.69 Å². The third kappa shape index (κ3) is 1.73. The number of rotatable bonds is 2. The lowest BCUT2D eigenvalue weighted by Gasteiger charge is -2.20. The molecule has 0 saturated carbocycles. The van der Waals surface area contributed by atoms with Crippen molar-refractivity contribution in [2.45, 2.75) is 13.0 Å². The average Bonchev–Trinajstić information content (AvgIpc) is 3.06. The molecule has 2 aliphatic rings. The summed E-state index contributed by atoms with van der Waals surface area (Å²) in [5.74, 6) is 1.77. The maximum Gasteiger partial charge on any atom is 0.231 e. The standard InChI is InChI=1S/C16H15NO2/c1-2-6-14-12(4-1)8-9-17(14)10-13-5-3-7-15-16(13)19-11-18-15/h1-7H,8-11H2. The summed E-state index contributed by atoms with van der Waals surface area (Å²) in [6.07, 6.45) is 1.13. The van der Waals surface area contributed by atoms with E-state index in [9.17, 15) is 0 Å². The van der Waals surface area contributed by atoms with Gasteiger partial charge in [0.1, 0.15) is 0 Å². The molecule has 0 radical (unpaired) electrons. The summed E-state index contributed by atoms with van der Waals surface area (Å²) in [6.45, 7) is 2.29. The lowest BCUT2D eigenvalue weighted by molar-refractivity contribution is 0.173. The molecule has 4 rings (SSSR count). The Hall–Kier alpha value is -2.16. The van der Waals surface area contributed by atoms with E-state index < -0.39 is 0 Å². The summed E-state index contributed by atoms with van der Waals surface area (Å²) in [5, 5.41) is 0. The van der Waals surface area contributed by atoms with Crippen molar-refractivity contribution in [1.82, 2.24) is 0 Å². The highest BCUT2D eigenvalue weighted by atomic mass is 16.7. The van der Waals surface area contributed by atoms with E-state index in [0.717, 1.165) is 31.0 Å². The summed E-state index contributed by atoms with van der Waals surface area (Å²) < 4.78 is 11.0. The molecule has 0 N–H and O–H groups in total. The van der Waals surface area contributed by atoms with Crippen LogP contribution in [0.15, 0.2) is 42.5 Å². The van der Waals surface area contributed by atoms with E-state index in [0.29, 0.717) is 6.79 Å². The molecule has 19 heavy (non-hydrogen) atoms. The highest BCUT2D eigenvalue weighted by Gasteiger charge is 2.22. The maximum absolute atomic E-state index is 5.58. The number of hydrogen-bond acceptors (Lipinski definition) is 3. The lowest BCUT2D eigenvalue weighted by Crippen LogP contribution is -2.19. The third-order valence-electron chi connectivity index (χ3n) is 3.82. The van der Waals surface area contributed by atoms with Crippen LogP contribution in [0.25, 0.3) is 0 Å². The van der Waals surface area contributed by atoms with Crippen molar-refractivity contribution in [2.75, 3.05) is 18.2 Å². The van der Waals surface area contributed by atoms with E-state index in [4.69, 9.17) is 9.47 Å². The van der Waals surface area contributed by atoms with Gasteiger partial charge in [0.05, 0.1) is 0 Å². The van der Waals surface area contributed by atoms with Crippen LogP contribution in [-0.2, 0) is 13.0 Å². The summed E-state index contributed by atoms with van der Waals surface area (Å²) in [6, 6.07) is 14.7. The van der Waals surface area contributed by atoms with E-state index in [1.54, 1.807) is 0 Å². The molecule has 0 unspecified atom stereocenters. The number of ether oxygens (including phenoxy) is 2. The second-order valence-corrected chi connectivity index (χ2v) is 4.95. The largest absolute Gasteiger partial charge is 0.454 e. The zero-order valence-corrected chi connectivity index (χ0v) is 10.6. The van der Waals surface area contributed by atoms with E-state index >= 15 is 0 Å². The normalized spacial score (nSPS) is 15.7. The van der Waals surface area contributed by atoms with Crippen molar-refractivity contribution in [2.24, 2.45) is 0 Å². The first-order chi connectivity index (χ1) is 9.42. The number of anilines is 1. The van der Waals surface area contributed by atoms with Crippen LogP contribution in [-0.4, -0.2) is 13.3 Å². The molecule has 0 saturated heterocycles. The van der Waals surface area contributed by atoms with Crippen LogP contribution < -0.4 is 14.4 Å². The first-order valence-corrected chi connectivity index (χ1v) is 6.62. The molecule has 2 heterocycles. The zero-order valence-electron chi connectivity index (χ0n) is 10.6. The first-order valence-electron chi connectivity index (χ1n) is 6.62. The second-order valence-electron chi connectivity index (χ2n) is 4.95. The fourth-order valence-electron chi connectivity index (χ4n) is 2.89. The number of para-hydroxylation sites is 2. The Morgan fingerprint density at radius 1 is 1.00 bits per heavy atom. The van der Waals surface area contributed by atoms with Gasteiger partial charge in [-0.1, -0.05) is 30.3 Å². The SMILES string of the molecule is c1ccc2c(c1)CCN2Cc1cccc2c1OCO2. The molecule has 2 aliphatic heterocycles. The van der Waals surface area contributed by atoms with Crippen LogP contribution >= 0.6 is 0 Å². The van der Waals surface area contributed by atoms with Gasteiger partial charge in [0.2, 0.25) is 6.79 Å². The van der Waals surface area contributed by atoms with E-state index in [-0.39, 0.29) is 0 Å². The smallest absolute Gasteiger partial charge is 0.231 e. The molecule has 0 atom stereocenters. The van der Waals surface area contributed by atoms with Gasteiger partial charge in [-0.05, 0) is 24.1 Å². The molecule has 3 nitrogen and oxygen atoms in total. The lowest BCUT2D eigenvalue weighted by atomic mass is 10.1. The highest BCUT2D eigenvalue weighted by Crippen LogP contribution is 2.37. The number of nitrogens with zero attached hydrogens (tertiary/aromatic N) is 1. The fraction of sp³-hybridized carbons (Fsp3) is 0.250.